The van der Waals surface area contributed by atoms with Crippen LogP contribution in [0.1, 0.15) is 179 Å². The first-order chi connectivity index (χ1) is 21.5. The number of rotatable bonds is 10. The maximum Gasteiger partial charge on any atom is 0.151 e. The van der Waals surface area contributed by atoms with E-state index in [1.165, 1.54) is 0 Å². The smallest absolute Gasteiger partial charge is 0.151 e. The molecule has 0 aliphatic heterocycles. The maximum atomic E-state index is 11.5. The lowest BCUT2D eigenvalue weighted by atomic mass is 9.89. The number of ketones is 4. The van der Waals surface area contributed by atoms with E-state index in [0.29, 0.717) is 37.5 Å². The zero-order valence-electron chi connectivity index (χ0n) is 37.9. The Morgan fingerprint density at radius 1 is 0.300 bits per heavy atom. The van der Waals surface area contributed by atoms with Crippen LogP contribution in [0.5, 0.6) is 0 Å². The zero-order valence-corrected chi connectivity index (χ0v) is 37.9. The third kappa shape index (κ3) is 40.9. The molecule has 0 unspecified atom stereocenters. The molecule has 300 valence electrons. The molecule has 0 aliphatic rings. The minimum absolute atomic E-state index is 0.0287. The predicted octanol–water partition coefficient (Wildman–Crippen LogP) is 8.74. The molecule has 0 spiro atoms. The third-order valence-electron chi connectivity index (χ3n) is 6.92. The summed E-state index contributed by atoms with van der Waals surface area (Å²) in [5.74, 6) is 1.17. The molecule has 50 heavy (non-hydrogen) atoms. The van der Waals surface area contributed by atoms with Crippen molar-refractivity contribution in [1.29, 1.82) is 0 Å². The fourth-order valence-electron chi connectivity index (χ4n) is 3.07. The molecule has 0 atom stereocenters. The first-order valence-corrected chi connectivity index (χ1v) is 18.6. The summed E-state index contributed by atoms with van der Waals surface area (Å²) in [7, 11) is 0. The molecule has 0 bridgehead atoms. The molecule has 0 saturated carbocycles. The van der Waals surface area contributed by atoms with E-state index in [2.05, 4.69) is 104 Å². The number of nitrogens with one attached hydrogen (secondary N) is 4. The number of hydrogen-bond donors (Lipinski definition) is 4. The molecule has 8 nitrogen and oxygen atoms in total. The number of carbonyl (C=O) groups is 4. The summed E-state index contributed by atoms with van der Waals surface area (Å²) in [5.41, 5.74) is -0.562. The number of Topliss-reactive ketones (excluding diaryl/α,β-unsaturated/α-hetero) is 4. The average Bonchev–Trinajstić information content (AvgIpc) is 2.82. The van der Waals surface area contributed by atoms with E-state index in [0.717, 1.165) is 13.1 Å². The van der Waals surface area contributed by atoms with Gasteiger partial charge in [0, 0.05) is 69.7 Å². The van der Waals surface area contributed by atoms with Gasteiger partial charge in [-0.05, 0) is 83.1 Å². The zero-order chi connectivity index (χ0) is 41.4. The van der Waals surface area contributed by atoms with Crippen molar-refractivity contribution in [3.8, 4) is 0 Å². The Kier molecular flexibility index (Phi) is 24.2. The summed E-state index contributed by atoms with van der Waals surface area (Å²) in [6.45, 7) is 50.9. The highest BCUT2D eigenvalue weighted by Crippen LogP contribution is 2.18. The van der Waals surface area contributed by atoms with Gasteiger partial charge in [0.05, 0.1) is 13.1 Å². The molecule has 0 amide bonds. The second-order valence-electron chi connectivity index (χ2n) is 21.8. The van der Waals surface area contributed by atoms with Crippen LogP contribution in [-0.4, -0.2) is 71.5 Å². The van der Waals surface area contributed by atoms with Crippen molar-refractivity contribution in [2.45, 2.75) is 201 Å². The van der Waals surface area contributed by atoms with Gasteiger partial charge in [-0.3, -0.25) is 19.2 Å². The van der Waals surface area contributed by atoms with Crippen molar-refractivity contribution in [2.24, 2.45) is 21.7 Å². The fourth-order valence-corrected chi connectivity index (χ4v) is 3.07. The predicted molar refractivity (Wildman–Crippen MR) is 218 cm³/mol. The molecule has 0 saturated heterocycles. The Balaban J connectivity index is -0.000000282. The van der Waals surface area contributed by atoms with E-state index in [4.69, 9.17) is 0 Å². The summed E-state index contributed by atoms with van der Waals surface area (Å²) >= 11 is 0. The van der Waals surface area contributed by atoms with E-state index < -0.39 is 0 Å². The SMILES string of the molecule is CC(C)(C)NCC(=O)C(C)(C)C.CC(C)(C)NCC(=O)C(C)(C)C.CC(C)(C)NCCC(=O)C(C)(C)C.CC(C)(C)NCCC(=O)C(C)(C)C. The van der Waals surface area contributed by atoms with Gasteiger partial charge in [0.25, 0.3) is 0 Å². The quantitative estimate of drug-likeness (QED) is 0.178. The lowest BCUT2D eigenvalue weighted by Crippen LogP contribution is -2.42. The summed E-state index contributed by atoms with van der Waals surface area (Å²) < 4.78 is 0. The van der Waals surface area contributed by atoms with Crippen molar-refractivity contribution in [3.05, 3.63) is 0 Å². The summed E-state index contributed by atoms with van der Waals surface area (Å²) in [6, 6.07) is 0. The Morgan fingerprint density at radius 2 is 0.480 bits per heavy atom. The highest BCUT2D eigenvalue weighted by Gasteiger charge is 2.24. The molecule has 8 heteroatoms. The lowest BCUT2D eigenvalue weighted by molar-refractivity contribution is -0.126. The Hall–Kier alpha value is -1.48. The van der Waals surface area contributed by atoms with Gasteiger partial charge in [-0.15, -0.1) is 0 Å². The number of carbonyl (C=O) groups excluding carboxylic acids is 4. The van der Waals surface area contributed by atoms with Gasteiger partial charge >= 0.3 is 0 Å². The second kappa shape index (κ2) is 21.9. The standard InChI is InChI=1S/2C11H23NO.2C10H21NO/c2*1-10(2,3)9(13)7-8-12-11(4,5)6;2*1-9(2,3)8(12)7-11-10(4,5)6/h2*12H,7-8H2,1-6H3;2*11H,7H2,1-6H3. The molecule has 0 fully saturated rings. The van der Waals surface area contributed by atoms with Crippen LogP contribution >= 0.6 is 0 Å². The van der Waals surface area contributed by atoms with Crippen molar-refractivity contribution in [3.63, 3.8) is 0 Å². The molecule has 0 aromatic rings. The minimum atomic E-state index is -0.224. The fraction of sp³-hybridized carbons (Fsp3) is 0.905. The van der Waals surface area contributed by atoms with Gasteiger partial charge in [-0.1, -0.05) is 83.1 Å². The first-order valence-electron chi connectivity index (χ1n) is 18.6. The third-order valence-corrected chi connectivity index (χ3v) is 6.92. The van der Waals surface area contributed by atoms with Crippen molar-refractivity contribution < 1.29 is 19.2 Å². The molecule has 0 aromatic heterocycles. The van der Waals surface area contributed by atoms with E-state index in [-0.39, 0.29) is 55.4 Å². The molecule has 0 aliphatic carbocycles. The van der Waals surface area contributed by atoms with Crippen LogP contribution in [0.4, 0.5) is 0 Å². The van der Waals surface area contributed by atoms with Gasteiger partial charge in [-0.2, -0.15) is 0 Å². The normalized spacial score (nSPS) is 13.1. The maximum absolute atomic E-state index is 11.5. The molecule has 0 heterocycles. The van der Waals surface area contributed by atoms with E-state index >= 15 is 0 Å². The molecule has 0 radical (unpaired) electrons. The van der Waals surface area contributed by atoms with Crippen LogP contribution in [0.3, 0.4) is 0 Å². The molecule has 4 N–H and O–H groups in total. The summed E-state index contributed by atoms with van der Waals surface area (Å²) in [4.78, 5) is 45.9. The van der Waals surface area contributed by atoms with E-state index in [1.54, 1.807) is 0 Å². The van der Waals surface area contributed by atoms with Crippen LogP contribution in [0.25, 0.3) is 0 Å². The second-order valence-corrected chi connectivity index (χ2v) is 21.8. The lowest BCUT2D eigenvalue weighted by Gasteiger charge is -2.23. The highest BCUT2D eigenvalue weighted by atomic mass is 16.1. The van der Waals surface area contributed by atoms with Crippen molar-refractivity contribution in [1.82, 2.24) is 21.3 Å². The Bertz CT molecular complexity index is 908. The monoisotopic (exact) mass is 713 g/mol. The van der Waals surface area contributed by atoms with Crippen molar-refractivity contribution >= 4 is 23.1 Å². The van der Waals surface area contributed by atoms with Crippen LogP contribution in [0, 0.1) is 21.7 Å². The molecule has 0 aromatic carbocycles. The number of hydrogen-bond acceptors (Lipinski definition) is 8. The van der Waals surface area contributed by atoms with Crippen molar-refractivity contribution in [2.75, 3.05) is 26.2 Å². The van der Waals surface area contributed by atoms with Gasteiger partial charge < -0.3 is 21.3 Å². The molecular weight excluding hydrogens is 624 g/mol. The van der Waals surface area contributed by atoms with Gasteiger partial charge in [-0.25, -0.2) is 0 Å². The van der Waals surface area contributed by atoms with Crippen LogP contribution in [0.15, 0.2) is 0 Å². The van der Waals surface area contributed by atoms with Crippen LogP contribution in [-0.2, 0) is 19.2 Å². The van der Waals surface area contributed by atoms with Gasteiger partial charge in [0.1, 0.15) is 11.6 Å². The minimum Gasteiger partial charge on any atom is -0.312 e. The molecular formula is C42H88N4O4. The Morgan fingerprint density at radius 3 is 0.620 bits per heavy atom. The van der Waals surface area contributed by atoms with E-state index in [9.17, 15) is 19.2 Å². The average molecular weight is 713 g/mol. The largest absolute Gasteiger partial charge is 0.312 e. The Labute approximate surface area is 312 Å². The first kappa shape index (κ1) is 55.3. The van der Waals surface area contributed by atoms with Crippen LogP contribution in [0.2, 0.25) is 0 Å². The topological polar surface area (TPSA) is 116 Å². The highest BCUT2D eigenvalue weighted by molar-refractivity contribution is 5.86. The van der Waals surface area contributed by atoms with Crippen LogP contribution < -0.4 is 21.3 Å². The summed E-state index contributed by atoms with van der Waals surface area (Å²) in [5, 5.41) is 13.0. The van der Waals surface area contributed by atoms with Gasteiger partial charge in [0.15, 0.2) is 11.6 Å². The molecule has 0 rings (SSSR count). The van der Waals surface area contributed by atoms with E-state index in [1.807, 2.05) is 83.1 Å². The summed E-state index contributed by atoms with van der Waals surface area (Å²) in [6.07, 6.45) is 1.25. The van der Waals surface area contributed by atoms with Gasteiger partial charge in [0.2, 0.25) is 0 Å².